The molecule has 0 aliphatic heterocycles. The minimum atomic E-state index is 0.0762. The molecule has 1 aromatic rings. The van der Waals surface area contributed by atoms with Crippen LogP contribution < -0.4 is 5.32 Å². The smallest absolute Gasteiger partial charge is 0.0835 e. The number of ether oxygens (including phenoxy) is 1. The number of rotatable bonds is 8. The fraction of sp³-hybridized carbons (Fsp3) is 0.786. The third-order valence-corrected chi connectivity index (χ3v) is 3.55. The van der Waals surface area contributed by atoms with E-state index >= 15 is 0 Å². The van der Waals surface area contributed by atoms with E-state index in [0.29, 0.717) is 5.02 Å². The maximum Gasteiger partial charge on any atom is 0.0835 e. The molecule has 5 heteroatoms. The Labute approximate surface area is 121 Å². The zero-order chi connectivity index (χ0) is 14.4. The summed E-state index contributed by atoms with van der Waals surface area (Å²) in [5, 5.41) is 8.63. The molecule has 0 aliphatic rings. The second-order valence-electron chi connectivity index (χ2n) is 5.03. The molecule has 0 aliphatic carbocycles. The number of hydrogen-bond acceptors (Lipinski definition) is 3. The van der Waals surface area contributed by atoms with E-state index < -0.39 is 0 Å². The van der Waals surface area contributed by atoms with Gasteiger partial charge in [0.1, 0.15) is 0 Å². The number of nitrogens with zero attached hydrogens (tertiary/aromatic N) is 2. The predicted molar refractivity (Wildman–Crippen MR) is 79.7 cm³/mol. The molecule has 1 rings (SSSR count). The molecule has 19 heavy (non-hydrogen) atoms. The summed E-state index contributed by atoms with van der Waals surface area (Å²) in [5.41, 5.74) is 1.03. The third kappa shape index (κ3) is 3.94. The van der Waals surface area contributed by atoms with E-state index in [4.69, 9.17) is 16.3 Å². The molecule has 110 valence electrons. The first-order valence-electron chi connectivity index (χ1n) is 7.05. The lowest BCUT2D eigenvalue weighted by Gasteiger charge is -2.28. The highest BCUT2D eigenvalue weighted by Gasteiger charge is 2.27. The number of aromatic nitrogens is 2. The van der Waals surface area contributed by atoms with Gasteiger partial charge in [-0.05, 0) is 33.2 Å². The zero-order valence-electron chi connectivity index (χ0n) is 12.6. The Morgan fingerprint density at radius 1 is 1.42 bits per heavy atom. The summed E-state index contributed by atoms with van der Waals surface area (Å²) in [6.07, 6.45) is 3.82. The molecule has 2 atom stereocenters. The summed E-state index contributed by atoms with van der Waals surface area (Å²) >= 11 is 6.34. The normalized spacial score (nSPS) is 14.9. The van der Waals surface area contributed by atoms with Crippen molar-refractivity contribution in [2.45, 2.75) is 58.7 Å². The highest BCUT2D eigenvalue weighted by atomic mass is 35.5. The molecule has 2 unspecified atom stereocenters. The van der Waals surface area contributed by atoms with Crippen molar-refractivity contribution in [1.82, 2.24) is 15.1 Å². The summed E-state index contributed by atoms with van der Waals surface area (Å²) < 4.78 is 7.59. The summed E-state index contributed by atoms with van der Waals surface area (Å²) in [6.45, 7) is 9.43. The maximum atomic E-state index is 6.34. The van der Waals surface area contributed by atoms with Gasteiger partial charge in [-0.15, -0.1) is 0 Å². The predicted octanol–water partition coefficient (Wildman–Crippen LogP) is 3.58. The Hall–Kier alpha value is -0.580. The van der Waals surface area contributed by atoms with Gasteiger partial charge in [0, 0.05) is 13.2 Å². The van der Waals surface area contributed by atoms with Gasteiger partial charge in [-0.2, -0.15) is 5.10 Å². The highest BCUT2D eigenvalue weighted by Crippen LogP contribution is 2.29. The molecule has 0 radical (unpaired) electrons. The summed E-state index contributed by atoms with van der Waals surface area (Å²) in [6, 6.07) is 0.357. The molecule has 0 saturated carbocycles. The number of halogens is 1. The minimum absolute atomic E-state index is 0.0762. The molecular formula is C14H26ClN3O. The van der Waals surface area contributed by atoms with Crippen LogP contribution in [0.5, 0.6) is 0 Å². The van der Waals surface area contributed by atoms with E-state index in [9.17, 15) is 0 Å². The minimum Gasteiger partial charge on any atom is -0.379 e. The van der Waals surface area contributed by atoms with Crippen LogP contribution in [0.15, 0.2) is 6.20 Å². The van der Waals surface area contributed by atoms with Gasteiger partial charge in [0.25, 0.3) is 0 Å². The summed E-state index contributed by atoms with van der Waals surface area (Å²) in [5.74, 6) is 0. The van der Waals surface area contributed by atoms with Crippen molar-refractivity contribution in [2.24, 2.45) is 0 Å². The van der Waals surface area contributed by atoms with E-state index in [1.807, 2.05) is 4.68 Å². The molecule has 0 fully saturated rings. The Morgan fingerprint density at radius 3 is 2.58 bits per heavy atom. The van der Waals surface area contributed by atoms with Crippen LogP contribution in [0.1, 0.15) is 58.3 Å². The van der Waals surface area contributed by atoms with Crippen LogP contribution in [0.2, 0.25) is 5.02 Å². The van der Waals surface area contributed by atoms with E-state index in [-0.39, 0.29) is 18.2 Å². The fourth-order valence-corrected chi connectivity index (χ4v) is 2.54. The van der Waals surface area contributed by atoms with Gasteiger partial charge in [-0.25, -0.2) is 0 Å². The number of methoxy groups -OCH3 is 1. The second-order valence-corrected chi connectivity index (χ2v) is 5.44. The van der Waals surface area contributed by atoms with Gasteiger partial charge in [-0.3, -0.25) is 4.68 Å². The van der Waals surface area contributed by atoms with Gasteiger partial charge < -0.3 is 10.1 Å². The molecule has 0 aromatic carbocycles. The van der Waals surface area contributed by atoms with Gasteiger partial charge in [0.15, 0.2) is 0 Å². The van der Waals surface area contributed by atoms with Crippen molar-refractivity contribution in [1.29, 1.82) is 0 Å². The van der Waals surface area contributed by atoms with Gasteiger partial charge in [0.2, 0.25) is 0 Å². The van der Waals surface area contributed by atoms with Crippen LogP contribution in [0.4, 0.5) is 0 Å². The van der Waals surface area contributed by atoms with Gasteiger partial charge in [0.05, 0.1) is 29.1 Å². The molecular weight excluding hydrogens is 262 g/mol. The first-order chi connectivity index (χ1) is 9.06. The molecule has 0 spiro atoms. The van der Waals surface area contributed by atoms with Crippen molar-refractivity contribution in [3.8, 4) is 0 Å². The average molecular weight is 288 g/mol. The average Bonchev–Trinajstić information content (AvgIpc) is 2.76. The van der Waals surface area contributed by atoms with Crippen molar-refractivity contribution in [3.63, 3.8) is 0 Å². The van der Waals surface area contributed by atoms with Crippen LogP contribution >= 0.6 is 11.6 Å². The van der Waals surface area contributed by atoms with Crippen LogP contribution in [0, 0.1) is 0 Å². The molecule has 0 bridgehead atoms. The second kappa shape index (κ2) is 7.88. The lowest BCUT2D eigenvalue weighted by molar-refractivity contribution is 0.0618. The molecule has 0 amide bonds. The maximum absolute atomic E-state index is 6.34. The topological polar surface area (TPSA) is 39.1 Å². The highest BCUT2D eigenvalue weighted by molar-refractivity contribution is 6.31. The van der Waals surface area contributed by atoms with Crippen LogP contribution in [-0.2, 0) is 4.74 Å². The Bertz CT molecular complexity index is 375. The van der Waals surface area contributed by atoms with Crippen molar-refractivity contribution in [3.05, 3.63) is 16.9 Å². The van der Waals surface area contributed by atoms with Crippen molar-refractivity contribution in [2.75, 3.05) is 13.7 Å². The lowest BCUT2D eigenvalue weighted by atomic mass is 10.0. The van der Waals surface area contributed by atoms with E-state index in [0.717, 1.165) is 25.1 Å². The molecule has 4 nitrogen and oxygen atoms in total. The van der Waals surface area contributed by atoms with Crippen molar-refractivity contribution >= 4 is 11.6 Å². The molecule has 1 N–H and O–H groups in total. The number of nitrogens with one attached hydrogen (secondary N) is 1. The monoisotopic (exact) mass is 287 g/mol. The lowest BCUT2D eigenvalue weighted by Crippen LogP contribution is -2.35. The van der Waals surface area contributed by atoms with Crippen LogP contribution in [-0.4, -0.2) is 29.5 Å². The van der Waals surface area contributed by atoms with Gasteiger partial charge >= 0.3 is 0 Å². The first-order valence-corrected chi connectivity index (χ1v) is 7.43. The Kier molecular flexibility index (Phi) is 6.83. The Balaban J connectivity index is 3.11. The third-order valence-electron chi connectivity index (χ3n) is 3.26. The molecule has 1 heterocycles. The van der Waals surface area contributed by atoms with Crippen LogP contribution in [0.25, 0.3) is 0 Å². The SMILES string of the molecule is CCCNC(c1c(Cl)cnn1C(C)C)C(CC)OC. The molecule has 0 saturated heterocycles. The standard InChI is InChI=1S/C14H26ClN3O/c1-6-8-16-13(12(7-2)19-5)14-11(15)9-17-18(14)10(3)4/h9-10,12-13,16H,6-8H2,1-5H3. The van der Waals surface area contributed by atoms with E-state index in [1.54, 1.807) is 13.3 Å². The summed E-state index contributed by atoms with van der Waals surface area (Å²) in [4.78, 5) is 0. The number of hydrogen-bond donors (Lipinski definition) is 1. The first kappa shape index (κ1) is 16.5. The summed E-state index contributed by atoms with van der Waals surface area (Å²) in [7, 11) is 1.75. The molecule has 1 aromatic heterocycles. The quantitative estimate of drug-likeness (QED) is 0.794. The van der Waals surface area contributed by atoms with E-state index in [2.05, 4.69) is 38.1 Å². The zero-order valence-corrected chi connectivity index (χ0v) is 13.4. The Morgan fingerprint density at radius 2 is 2.11 bits per heavy atom. The largest absolute Gasteiger partial charge is 0.379 e. The fourth-order valence-electron chi connectivity index (χ4n) is 2.30. The van der Waals surface area contributed by atoms with Crippen LogP contribution in [0.3, 0.4) is 0 Å². The van der Waals surface area contributed by atoms with Gasteiger partial charge in [-0.1, -0.05) is 25.4 Å². The van der Waals surface area contributed by atoms with Crippen molar-refractivity contribution < 1.29 is 4.74 Å². The van der Waals surface area contributed by atoms with E-state index in [1.165, 1.54) is 0 Å².